The predicted octanol–water partition coefficient (Wildman–Crippen LogP) is 5.05. The molecule has 1 aliphatic rings. The van der Waals surface area contributed by atoms with E-state index in [0.717, 1.165) is 10.6 Å². The van der Waals surface area contributed by atoms with E-state index in [-0.39, 0.29) is 57.6 Å². The first-order chi connectivity index (χ1) is 19.0. The molecule has 0 atom stereocenters. The third kappa shape index (κ3) is 6.40. The average molecular weight is 599 g/mol. The molecule has 1 saturated heterocycles. The van der Waals surface area contributed by atoms with Crippen molar-refractivity contribution in [2.45, 2.75) is 19.6 Å². The highest BCUT2D eigenvalue weighted by Crippen LogP contribution is 2.35. The molecule has 2 heterocycles. The van der Waals surface area contributed by atoms with E-state index in [0.29, 0.717) is 13.2 Å². The summed E-state index contributed by atoms with van der Waals surface area (Å²) in [6, 6.07) is 7.05. The molecule has 0 saturated carbocycles. The molecule has 2 aromatic carbocycles. The number of rotatable bonds is 7. The number of ether oxygens (including phenoxy) is 2. The van der Waals surface area contributed by atoms with Gasteiger partial charge in [0, 0.05) is 19.2 Å². The third-order valence-electron chi connectivity index (χ3n) is 5.97. The third-order valence-corrected chi connectivity index (χ3v) is 6.69. The van der Waals surface area contributed by atoms with E-state index in [1.807, 2.05) is 0 Å². The molecule has 0 bridgehead atoms. The lowest BCUT2D eigenvalue weighted by atomic mass is 10.1. The normalized spacial score (nSPS) is 14.1. The first kappa shape index (κ1) is 29.4. The maximum atomic E-state index is 14.0. The Morgan fingerprint density at radius 3 is 2.55 bits per heavy atom. The number of esters is 1. The number of aromatic nitrogens is 2. The van der Waals surface area contributed by atoms with Crippen LogP contribution in [0, 0.1) is 0 Å². The van der Waals surface area contributed by atoms with Gasteiger partial charge in [0.2, 0.25) is 11.7 Å². The summed E-state index contributed by atoms with van der Waals surface area (Å²) >= 11 is 12.6. The molecular weight excluding hydrogens is 576 g/mol. The van der Waals surface area contributed by atoms with Gasteiger partial charge in [-0.05, 0) is 36.8 Å². The van der Waals surface area contributed by atoms with Crippen molar-refractivity contribution < 1.29 is 37.0 Å². The SMILES string of the molecule is CCOC(=O)/C=C/c1ccc(Cl)c(C(=O)Nc2cccc3c2nc(C(F)(F)F)n3CC(=O)N2CCOCC2)c1Cl. The van der Waals surface area contributed by atoms with E-state index in [1.54, 1.807) is 6.92 Å². The van der Waals surface area contributed by atoms with E-state index >= 15 is 0 Å². The van der Waals surface area contributed by atoms with Crippen LogP contribution >= 0.6 is 23.2 Å². The second-order valence-electron chi connectivity index (χ2n) is 8.55. The smallest absolute Gasteiger partial charge is 0.449 e. The van der Waals surface area contributed by atoms with Crippen LogP contribution in [0.5, 0.6) is 0 Å². The van der Waals surface area contributed by atoms with E-state index < -0.39 is 36.3 Å². The Bertz CT molecular complexity index is 1480. The van der Waals surface area contributed by atoms with Crippen LogP contribution in [0.25, 0.3) is 17.1 Å². The number of benzene rings is 2. The maximum absolute atomic E-state index is 14.0. The van der Waals surface area contributed by atoms with Crippen molar-refractivity contribution in [1.82, 2.24) is 14.5 Å². The van der Waals surface area contributed by atoms with Crippen LogP contribution in [0.3, 0.4) is 0 Å². The Balaban J connectivity index is 1.68. The first-order valence-corrected chi connectivity index (χ1v) is 12.8. The Labute approximate surface area is 236 Å². The molecule has 0 radical (unpaired) electrons. The number of halogens is 5. The summed E-state index contributed by atoms with van der Waals surface area (Å²) in [5, 5.41) is 2.41. The summed E-state index contributed by atoms with van der Waals surface area (Å²) in [5.74, 6) is -3.24. The second kappa shape index (κ2) is 12.3. The van der Waals surface area contributed by atoms with E-state index in [9.17, 15) is 27.6 Å². The highest BCUT2D eigenvalue weighted by Gasteiger charge is 2.39. The summed E-state index contributed by atoms with van der Waals surface area (Å²) in [6.45, 7) is 2.34. The number of nitrogens with one attached hydrogen (secondary N) is 1. The quantitative estimate of drug-likeness (QED) is 0.301. The van der Waals surface area contributed by atoms with Crippen molar-refractivity contribution in [3.05, 3.63) is 63.4 Å². The van der Waals surface area contributed by atoms with Crippen molar-refractivity contribution in [3.8, 4) is 0 Å². The van der Waals surface area contributed by atoms with E-state index in [2.05, 4.69) is 10.3 Å². The average Bonchev–Trinajstić information content (AvgIpc) is 3.29. The molecule has 0 spiro atoms. The number of hydrogen-bond acceptors (Lipinski definition) is 6. The van der Waals surface area contributed by atoms with Gasteiger partial charge in [0.05, 0.1) is 46.6 Å². The fraction of sp³-hybridized carbons (Fsp3) is 0.308. The molecule has 0 unspecified atom stereocenters. The van der Waals surface area contributed by atoms with Gasteiger partial charge < -0.3 is 24.3 Å². The summed E-state index contributed by atoms with van der Waals surface area (Å²) in [7, 11) is 0. The van der Waals surface area contributed by atoms with E-state index in [4.69, 9.17) is 32.7 Å². The number of fused-ring (bicyclic) bond motifs is 1. The Morgan fingerprint density at radius 2 is 1.88 bits per heavy atom. The molecule has 3 aromatic rings. The van der Waals surface area contributed by atoms with Crippen LogP contribution in [-0.4, -0.2) is 65.1 Å². The van der Waals surface area contributed by atoms with Crippen molar-refractivity contribution in [2.24, 2.45) is 0 Å². The van der Waals surface area contributed by atoms with Crippen molar-refractivity contribution in [1.29, 1.82) is 0 Å². The first-order valence-electron chi connectivity index (χ1n) is 12.1. The van der Waals surface area contributed by atoms with Gasteiger partial charge in [-0.3, -0.25) is 9.59 Å². The van der Waals surface area contributed by atoms with Gasteiger partial charge in [-0.2, -0.15) is 13.2 Å². The number of hydrogen-bond donors (Lipinski definition) is 1. The van der Waals surface area contributed by atoms with Crippen LogP contribution in [-0.2, 0) is 31.8 Å². The van der Waals surface area contributed by atoms with Crippen molar-refractivity contribution >= 4 is 63.8 Å². The largest absolute Gasteiger partial charge is 0.463 e. The highest BCUT2D eigenvalue weighted by atomic mass is 35.5. The number of amides is 2. The molecular formula is C26H23Cl2F3N4O5. The minimum absolute atomic E-state index is 0.00458. The van der Waals surface area contributed by atoms with Gasteiger partial charge in [0.15, 0.2) is 0 Å². The van der Waals surface area contributed by atoms with Crippen molar-refractivity contribution in [3.63, 3.8) is 0 Å². The monoisotopic (exact) mass is 598 g/mol. The molecule has 9 nitrogen and oxygen atoms in total. The fourth-order valence-corrected chi connectivity index (χ4v) is 4.72. The Hall–Kier alpha value is -3.61. The van der Waals surface area contributed by atoms with Gasteiger partial charge in [0.1, 0.15) is 12.1 Å². The maximum Gasteiger partial charge on any atom is 0.449 e. The van der Waals surface area contributed by atoms with Gasteiger partial charge in [-0.1, -0.05) is 35.3 Å². The lowest BCUT2D eigenvalue weighted by Gasteiger charge is -2.27. The predicted molar refractivity (Wildman–Crippen MR) is 142 cm³/mol. The van der Waals surface area contributed by atoms with Gasteiger partial charge in [-0.15, -0.1) is 0 Å². The van der Waals surface area contributed by atoms with Gasteiger partial charge >= 0.3 is 12.1 Å². The molecule has 40 heavy (non-hydrogen) atoms. The van der Waals surface area contributed by atoms with Gasteiger partial charge in [0.25, 0.3) is 5.91 Å². The molecule has 2 amide bonds. The Kier molecular flexibility index (Phi) is 9.02. The number of para-hydroxylation sites is 1. The number of imidazole rings is 1. The zero-order valence-electron chi connectivity index (χ0n) is 21.1. The number of alkyl halides is 3. The van der Waals surface area contributed by atoms with Crippen LogP contribution < -0.4 is 5.32 Å². The molecule has 1 aromatic heterocycles. The standard InChI is InChI=1S/C26H23Cl2F3N4O5/c1-2-40-20(37)9-7-15-6-8-16(27)21(22(15)28)24(38)32-17-4-3-5-18-23(17)33-25(26(29,30)31)35(18)14-19(36)34-10-12-39-13-11-34/h3-9H,2,10-14H2,1H3,(H,32,38)/b9-7+. The molecule has 14 heteroatoms. The molecule has 0 aliphatic carbocycles. The summed E-state index contributed by atoms with van der Waals surface area (Å²) in [6.07, 6.45) is -2.40. The van der Waals surface area contributed by atoms with Crippen molar-refractivity contribution in [2.75, 3.05) is 38.2 Å². The molecule has 1 aliphatic heterocycles. The number of carbonyl (C=O) groups is 3. The van der Waals surface area contributed by atoms with Gasteiger partial charge in [-0.25, -0.2) is 9.78 Å². The summed E-state index contributed by atoms with van der Waals surface area (Å²) in [4.78, 5) is 42.9. The van der Waals surface area contributed by atoms with Crippen LogP contribution in [0.4, 0.5) is 18.9 Å². The summed E-state index contributed by atoms with van der Waals surface area (Å²) < 4.78 is 52.7. The van der Waals surface area contributed by atoms with E-state index in [1.165, 1.54) is 41.3 Å². The fourth-order valence-electron chi connectivity index (χ4n) is 4.11. The second-order valence-corrected chi connectivity index (χ2v) is 9.34. The number of nitrogens with zero attached hydrogens (tertiary/aromatic N) is 3. The minimum Gasteiger partial charge on any atom is -0.463 e. The highest BCUT2D eigenvalue weighted by molar-refractivity contribution is 6.41. The lowest BCUT2D eigenvalue weighted by Crippen LogP contribution is -2.42. The summed E-state index contributed by atoms with van der Waals surface area (Å²) in [5.41, 5.74) is -0.110. The zero-order chi connectivity index (χ0) is 29.0. The lowest BCUT2D eigenvalue weighted by molar-refractivity contribution is -0.148. The van der Waals surface area contributed by atoms with Crippen LogP contribution in [0.2, 0.25) is 10.0 Å². The Morgan fingerprint density at radius 1 is 1.15 bits per heavy atom. The molecule has 4 rings (SSSR count). The zero-order valence-corrected chi connectivity index (χ0v) is 22.6. The molecule has 212 valence electrons. The number of morpholine rings is 1. The minimum atomic E-state index is -4.88. The molecule has 1 fully saturated rings. The van der Waals surface area contributed by atoms with Crippen LogP contribution in [0.15, 0.2) is 36.4 Å². The number of carbonyl (C=O) groups excluding carboxylic acids is 3. The van der Waals surface area contributed by atoms with Crippen LogP contribution in [0.1, 0.15) is 28.7 Å². The number of anilines is 1. The topological polar surface area (TPSA) is 103 Å². The molecule has 1 N–H and O–H groups in total.